The Morgan fingerprint density at radius 3 is 2.17 bits per heavy atom. The first kappa shape index (κ1) is 16.1. The van der Waals surface area contributed by atoms with Crippen molar-refractivity contribution in [2.45, 2.75) is 80.1 Å². The van der Waals surface area contributed by atoms with Gasteiger partial charge in [0.25, 0.3) is 0 Å². The first-order valence-electron chi connectivity index (χ1n) is 8.49. The molecule has 0 aromatic carbocycles. The molecule has 0 heterocycles. The summed E-state index contributed by atoms with van der Waals surface area (Å²) in [7, 11) is 0. The van der Waals surface area contributed by atoms with Crippen LogP contribution in [0.25, 0.3) is 0 Å². The fourth-order valence-corrected chi connectivity index (χ4v) is 3.59. The minimum absolute atomic E-state index is 0.901. The second-order valence-electron chi connectivity index (χ2n) is 7.34. The lowest BCUT2D eigenvalue weighted by Gasteiger charge is -2.28. The molecule has 108 valence electrons. The van der Waals surface area contributed by atoms with Gasteiger partial charge in [-0.05, 0) is 54.8 Å². The Labute approximate surface area is 116 Å². The van der Waals surface area contributed by atoms with Crippen molar-refractivity contribution < 1.29 is 0 Å². The van der Waals surface area contributed by atoms with Gasteiger partial charge in [-0.1, -0.05) is 60.8 Å². The van der Waals surface area contributed by atoms with Gasteiger partial charge in [0.1, 0.15) is 0 Å². The number of hydrogen-bond donors (Lipinski definition) is 0. The van der Waals surface area contributed by atoms with Crippen LogP contribution in [0, 0.1) is 35.5 Å². The standard InChI is InChI=1S/C18H36/c1-7-9-17-12-18(17)11-15(5)16(6)14(4)10-13(3)8-2/h13-18H,7-12H2,1-6H3. The van der Waals surface area contributed by atoms with Crippen molar-refractivity contribution in [1.29, 1.82) is 0 Å². The van der Waals surface area contributed by atoms with Crippen molar-refractivity contribution in [1.82, 2.24) is 0 Å². The molecule has 6 atom stereocenters. The van der Waals surface area contributed by atoms with Gasteiger partial charge in [-0.2, -0.15) is 0 Å². The van der Waals surface area contributed by atoms with Crippen LogP contribution in [0.3, 0.4) is 0 Å². The Morgan fingerprint density at radius 1 is 0.944 bits per heavy atom. The van der Waals surface area contributed by atoms with E-state index in [4.69, 9.17) is 0 Å². The smallest absolute Gasteiger partial charge is 0.0380 e. The highest BCUT2D eigenvalue weighted by Crippen LogP contribution is 2.47. The van der Waals surface area contributed by atoms with E-state index < -0.39 is 0 Å². The normalized spacial score (nSPS) is 29.7. The molecule has 0 heteroatoms. The van der Waals surface area contributed by atoms with E-state index in [-0.39, 0.29) is 0 Å². The van der Waals surface area contributed by atoms with Crippen molar-refractivity contribution in [3.05, 3.63) is 0 Å². The van der Waals surface area contributed by atoms with Crippen LogP contribution in [0.5, 0.6) is 0 Å². The third kappa shape index (κ3) is 4.94. The summed E-state index contributed by atoms with van der Waals surface area (Å²) in [5, 5.41) is 0. The van der Waals surface area contributed by atoms with Crippen LogP contribution < -0.4 is 0 Å². The fourth-order valence-electron chi connectivity index (χ4n) is 3.59. The topological polar surface area (TPSA) is 0 Å². The van der Waals surface area contributed by atoms with Gasteiger partial charge in [0.05, 0.1) is 0 Å². The zero-order chi connectivity index (χ0) is 13.7. The Hall–Kier alpha value is 0. The summed E-state index contributed by atoms with van der Waals surface area (Å²) in [5.74, 6) is 5.81. The molecule has 1 aliphatic carbocycles. The molecule has 0 nitrogen and oxygen atoms in total. The monoisotopic (exact) mass is 252 g/mol. The van der Waals surface area contributed by atoms with Crippen molar-refractivity contribution in [3.63, 3.8) is 0 Å². The molecule has 0 bridgehead atoms. The molecular formula is C18H36. The van der Waals surface area contributed by atoms with E-state index >= 15 is 0 Å². The third-order valence-electron chi connectivity index (χ3n) is 5.67. The van der Waals surface area contributed by atoms with Gasteiger partial charge in [0.15, 0.2) is 0 Å². The lowest BCUT2D eigenvalue weighted by molar-refractivity contribution is 0.221. The maximum absolute atomic E-state index is 2.50. The van der Waals surface area contributed by atoms with E-state index in [2.05, 4.69) is 41.5 Å². The highest BCUT2D eigenvalue weighted by molar-refractivity contribution is 4.88. The molecule has 0 spiro atoms. The molecule has 1 fully saturated rings. The molecule has 6 unspecified atom stereocenters. The van der Waals surface area contributed by atoms with Crippen LogP contribution in [-0.2, 0) is 0 Å². The predicted octanol–water partition coefficient (Wildman–Crippen LogP) is 6.16. The average molecular weight is 252 g/mol. The quantitative estimate of drug-likeness (QED) is 0.461. The largest absolute Gasteiger partial charge is 0.0654 e. The van der Waals surface area contributed by atoms with E-state index in [9.17, 15) is 0 Å². The molecule has 1 aliphatic rings. The Kier molecular flexibility index (Phi) is 6.74. The average Bonchev–Trinajstić information content (AvgIpc) is 3.06. The zero-order valence-corrected chi connectivity index (χ0v) is 13.7. The van der Waals surface area contributed by atoms with Gasteiger partial charge in [-0.25, -0.2) is 0 Å². The summed E-state index contributed by atoms with van der Waals surface area (Å²) >= 11 is 0. The summed E-state index contributed by atoms with van der Waals surface area (Å²) in [5.41, 5.74) is 0. The molecule has 1 saturated carbocycles. The van der Waals surface area contributed by atoms with Crippen LogP contribution in [0.1, 0.15) is 80.1 Å². The van der Waals surface area contributed by atoms with E-state index in [1.807, 2.05) is 0 Å². The van der Waals surface area contributed by atoms with Crippen LogP contribution >= 0.6 is 0 Å². The maximum Gasteiger partial charge on any atom is -0.0380 e. The number of hydrogen-bond acceptors (Lipinski definition) is 0. The van der Waals surface area contributed by atoms with Crippen molar-refractivity contribution in [3.8, 4) is 0 Å². The Bertz CT molecular complexity index is 220. The SMILES string of the molecule is CCCC1CC1CC(C)C(C)C(C)CC(C)CC. The van der Waals surface area contributed by atoms with E-state index in [1.165, 1.54) is 38.5 Å². The summed E-state index contributed by atoms with van der Waals surface area (Å²) in [4.78, 5) is 0. The predicted molar refractivity (Wildman–Crippen MR) is 82.7 cm³/mol. The Balaban J connectivity index is 2.26. The second-order valence-corrected chi connectivity index (χ2v) is 7.34. The zero-order valence-electron chi connectivity index (χ0n) is 13.7. The van der Waals surface area contributed by atoms with E-state index in [1.54, 1.807) is 0 Å². The highest BCUT2D eigenvalue weighted by atomic mass is 14.4. The minimum atomic E-state index is 0.901. The van der Waals surface area contributed by atoms with Gasteiger partial charge in [0, 0.05) is 0 Å². The summed E-state index contributed by atoms with van der Waals surface area (Å²) in [6.45, 7) is 14.5. The first-order valence-corrected chi connectivity index (χ1v) is 8.49. The molecule has 0 saturated heterocycles. The van der Waals surface area contributed by atoms with E-state index in [0.717, 1.165) is 35.5 Å². The molecule has 0 amide bonds. The van der Waals surface area contributed by atoms with Gasteiger partial charge in [0.2, 0.25) is 0 Å². The van der Waals surface area contributed by atoms with Crippen LogP contribution in [0.4, 0.5) is 0 Å². The van der Waals surface area contributed by atoms with Crippen molar-refractivity contribution in [2.24, 2.45) is 35.5 Å². The molecule has 18 heavy (non-hydrogen) atoms. The summed E-state index contributed by atoms with van der Waals surface area (Å²) in [6.07, 6.45) is 8.66. The van der Waals surface area contributed by atoms with Gasteiger partial charge in [-0.15, -0.1) is 0 Å². The van der Waals surface area contributed by atoms with Crippen molar-refractivity contribution in [2.75, 3.05) is 0 Å². The first-order chi connectivity index (χ1) is 8.49. The maximum atomic E-state index is 2.50. The van der Waals surface area contributed by atoms with Crippen LogP contribution in [-0.4, -0.2) is 0 Å². The molecule has 0 aromatic heterocycles. The number of rotatable bonds is 9. The highest BCUT2D eigenvalue weighted by Gasteiger charge is 2.37. The molecular weight excluding hydrogens is 216 g/mol. The van der Waals surface area contributed by atoms with Crippen molar-refractivity contribution >= 4 is 0 Å². The van der Waals surface area contributed by atoms with Crippen LogP contribution in [0.2, 0.25) is 0 Å². The van der Waals surface area contributed by atoms with Gasteiger partial charge >= 0.3 is 0 Å². The summed E-state index contributed by atoms with van der Waals surface area (Å²) in [6, 6.07) is 0. The molecule has 0 radical (unpaired) electrons. The summed E-state index contributed by atoms with van der Waals surface area (Å²) < 4.78 is 0. The minimum Gasteiger partial charge on any atom is -0.0654 e. The lowest BCUT2D eigenvalue weighted by Crippen LogP contribution is -2.19. The van der Waals surface area contributed by atoms with Crippen LogP contribution in [0.15, 0.2) is 0 Å². The fraction of sp³-hybridized carbons (Fsp3) is 1.00. The van der Waals surface area contributed by atoms with E-state index in [0.29, 0.717) is 0 Å². The lowest BCUT2D eigenvalue weighted by atomic mass is 9.78. The van der Waals surface area contributed by atoms with Gasteiger partial charge in [-0.3, -0.25) is 0 Å². The second kappa shape index (κ2) is 7.56. The van der Waals surface area contributed by atoms with Gasteiger partial charge < -0.3 is 0 Å². The molecule has 0 N–H and O–H groups in total. The molecule has 0 aliphatic heterocycles. The molecule has 1 rings (SSSR count). The Morgan fingerprint density at radius 2 is 1.61 bits per heavy atom. The third-order valence-corrected chi connectivity index (χ3v) is 5.67. The molecule has 0 aromatic rings.